The molecule has 0 aromatic carbocycles. The Labute approximate surface area is 116 Å². The van der Waals surface area contributed by atoms with Crippen LogP contribution in [0.25, 0.3) is 0 Å². The highest BCUT2D eigenvalue weighted by Gasteiger charge is 2.38. The fourth-order valence-corrected chi connectivity index (χ4v) is 2.88. The molecule has 1 heterocycles. The quantitative estimate of drug-likeness (QED) is 0.877. The van der Waals surface area contributed by atoms with Gasteiger partial charge in [0, 0.05) is 23.3 Å². The van der Waals surface area contributed by atoms with Gasteiger partial charge in [0.15, 0.2) is 0 Å². The Morgan fingerprint density at radius 2 is 2.11 bits per heavy atom. The number of pyridine rings is 1. The van der Waals surface area contributed by atoms with Gasteiger partial charge in [-0.2, -0.15) is 0 Å². The number of hydrogen-bond donors (Lipinski definition) is 2. The molecule has 1 aliphatic rings. The number of aliphatic hydroxyl groups is 1. The number of fused-ring (bicyclic) bond motifs is 1. The fraction of sp³-hybridized carbons (Fsp3) is 0.688. The van der Waals surface area contributed by atoms with Crippen molar-refractivity contribution in [2.45, 2.75) is 64.0 Å². The second-order valence-electron chi connectivity index (χ2n) is 6.92. The molecule has 1 aliphatic carbocycles. The van der Waals surface area contributed by atoms with Gasteiger partial charge in [-0.3, -0.25) is 4.98 Å². The van der Waals surface area contributed by atoms with Crippen LogP contribution in [0.15, 0.2) is 18.3 Å². The third kappa shape index (κ3) is 3.54. The van der Waals surface area contributed by atoms with Crippen LogP contribution < -0.4 is 5.32 Å². The first-order valence-corrected chi connectivity index (χ1v) is 7.21. The highest BCUT2D eigenvalue weighted by Crippen LogP contribution is 2.40. The molecule has 2 atom stereocenters. The molecular formula is C16H26N2O. The molecular weight excluding hydrogens is 236 g/mol. The van der Waals surface area contributed by atoms with Crippen LogP contribution in [-0.2, 0) is 6.42 Å². The zero-order valence-corrected chi connectivity index (χ0v) is 12.5. The summed E-state index contributed by atoms with van der Waals surface area (Å²) in [6, 6.07) is 4.11. The lowest BCUT2D eigenvalue weighted by molar-refractivity contribution is 0.0202. The standard InChI is InChI=1S/C16H26N2O/c1-15(2,3)18-11-9-16(4,19)13-8-7-12-6-5-10-17-14(12)13/h5-6,10,13,18-19H,7-9,11H2,1-4H3. The Morgan fingerprint density at radius 3 is 2.79 bits per heavy atom. The van der Waals surface area contributed by atoms with Crippen molar-refractivity contribution in [2.75, 3.05) is 6.54 Å². The molecule has 19 heavy (non-hydrogen) atoms. The highest BCUT2D eigenvalue weighted by molar-refractivity contribution is 5.30. The largest absolute Gasteiger partial charge is 0.389 e. The number of nitrogens with zero attached hydrogens (tertiary/aromatic N) is 1. The van der Waals surface area contributed by atoms with Gasteiger partial charge in [0.1, 0.15) is 0 Å². The molecule has 0 fully saturated rings. The minimum atomic E-state index is -0.683. The van der Waals surface area contributed by atoms with Gasteiger partial charge in [0.05, 0.1) is 5.60 Å². The van der Waals surface area contributed by atoms with Crippen molar-refractivity contribution < 1.29 is 5.11 Å². The number of aromatic nitrogens is 1. The van der Waals surface area contributed by atoms with Crippen molar-refractivity contribution in [3.05, 3.63) is 29.6 Å². The van der Waals surface area contributed by atoms with Gasteiger partial charge in [0.25, 0.3) is 0 Å². The first-order chi connectivity index (χ1) is 8.80. The van der Waals surface area contributed by atoms with Crippen molar-refractivity contribution in [1.29, 1.82) is 0 Å². The zero-order chi connectivity index (χ0) is 14.1. The van der Waals surface area contributed by atoms with Crippen LogP contribution >= 0.6 is 0 Å². The monoisotopic (exact) mass is 262 g/mol. The minimum Gasteiger partial charge on any atom is -0.389 e. The number of aryl methyl sites for hydroxylation is 1. The second kappa shape index (κ2) is 5.22. The highest BCUT2D eigenvalue weighted by atomic mass is 16.3. The normalized spacial score (nSPS) is 22.1. The maximum atomic E-state index is 10.8. The molecule has 2 unspecified atom stereocenters. The van der Waals surface area contributed by atoms with E-state index in [4.69, 9.17) is 0 Å². The summed E-state index contributed by atoms with van der Waals surface area (Å²) in [4.78, 5) is 4.48. The summed E-state index contributed by atoms with van der Waals surface area (Å²) >= 11 is 0. The molecule has 0 saturated carbocycles. The van der Waals surface area contributed by atoms with Gasteiger partial charge < -0.3 is 10.4 Å². The minimum absolute atomic E-state index is 0.0991. The van der Waals surface area contributed by atoms with E-state index in [0.29, 0.717) is 0 Å². The Balaban J connectivity index is 2.01. The SMILES string of the molecule is CC(C)(C)NCCC(C)(O)C1CCc2cccnc21. The summed E-state index contributed by atoms with van der Waals surface area (Å²) in [5.41, 5.74) is 1.82. The zero-order valence-electron chi connectivity index (χ0n) is 12.5. The van der Waals surface area contributed by atoms with E-state index in [1.807, 2.05) is 19.2 Å². The number of nitrogens with one attached hydrogen (secondary N) is 1. The molecule has 2 N–H and O–H groups in total. The molecule has 0 saturated heterocycles. The molecule has 3 heteroatoms. The molecule has 0 aliphatic heterocycles. The van der Waals surface area contributed by atoms with Gasteiger partial charge in [0.2, 0.25) is 0 Å². The lowest BCUT2D eigenvalue weighted by atomic mass is 9.84. The average molecular weight is 262 g/mol. The molecule has 106 valence electrons. The van der Waals surface area contributed by atoms with Gasteiger partial charge in [-0.05, 0) is 65.1 Å². The summed E-state index contributed by atoms with van der Waals surface area (Å²) in [7, 11) is 0. The van der Waals surface area contributed by atoms with Crippen molar-refractivity contribution >= 4 is 0 Å². The maximum Gasteiger partial charge on any atom is 0.0715 e. The molecule has 0 amide bonds. The smallest absolute Gasteiger partial charge is 0.0715 e. The van der Waals surface area contributed by atoms with Crippen LogP contribution in [0.1, 0.15) is 57.7 Å². The molecule has 1 aromatic heterocycles. The van der Waals surface area contributed by atoms with E-state index in [9.17, 15) is 5.11 Å². The fourth-order valence-electron chi connectivity index (χ4n) is 2.88. The Morgan fingerprint density at radius 1 is 1.37 bits per heavy atom. The summed E-state index contributed by atoms with van der Waals surface area (Å²) < 4.78 is 0. The average Bonchev–Trinajstić information content (AvgIpc) is 2.71. The molecule has 0 bridgehead atoms. The summed E-state index contributed by atoms with van der Waals surface area (Å²) in [5, 5.41) is 14.2. The predicted molar refractivity (Wildman–Crippen MR) is 78.3 cm³/mol. The first-order valence-electron chi connectivity index (χ1n) is 7.21. The summed E-state index contributed by atoms with van der Waals surface area (Å²) in [6.07, 6.45) is 4.64. The molecule has 0 radical (unpaired) electrons. The first kappa shape index (κ1) is 14.5. The Hall–Kier alpha value is -0.930. The molecule has 0 spiro atoms. The van der Waals surface area contributed by atoms with E-state index in [2.05, 4.69) is 37.1 Å². The summed E-state index contributed by atoms with van der Waals surface area (Å²) in [5.74, 6) is 0.172. The number of rotatable bonds is 4. The predicted octanol–water partition coefficient (Wildman–Crippen LogP) is 2.64. The molecule has 2 rings (SSSR count). The van der Waals surface area contributed by atoms with Crippen molar-refractivity contribution in [1.82, 2.24) is 10.3 Å². The lowest BCUT2D eigenvalue weighted by Crippen LogP contribution is -2.41. The van der Waals surface area contributed by atoms with Crippen molar-refractivity contribution in [3.63, 3.8) is 0 Å². The van der Waals surface area contributed by atoms with Crippen LogP contribution in [0.4, 0.5) is 0 Å². The van der Waals surface area contributed by atoms with Gasteiger partial charge in [-0.15, -0.1) is 0 Å². The van der Waals surface area contributed by atoms with E-state index in [1.165, 1.54) is 5.56 Å². The van der Waals surface area contributed by atoms with Gasteiger partial charge >= 0.3 is 0 Å². The van der Waals surface area contributed by atoms with E-state index >= 15 is 0 Å². The van der Waals surface area contributed by atoms with E-state index in [0.717, 1.165) is 31.5 Å². The van der Waals surface area contributed by atoms with E-state index in [1.54, 1.807) is 0 Å². The van der Waals surface area contributed by atoms with Crippen LogP contribution in [0.3, 0.4) is 0 Å². The second-order valence-corrected chi connectivity index (χ2v) is 6.92. The van der Waals surface area contributed by atoms with Crippen LogP contribution in [-0.4, -0.2) is 27.8 Å². The van der Waals surface area contributed by atoms with E-state index in [-0.39, 0.29) is 11.5 Å². The van der Waals surface area contributed by atoms with Crippen LogP contribution in [0, 0.1) is 0 Å². The third-order valence-electron chi connectivity index (χ3n) is 4.00. The third-order valence-corrected chi connectivity index (χ3v) is 4.00. The lowest BCUT2D eigenvalue weighted by Gasteiger charge is -2.32. The van der Waals surface area contributed by atoms with Gasteiger partial charge in [-0.1, -0.05) is 6.07 Å². The molecule has 1 aromatic rings. The van der Waals surface area contributed by atoms with Crippen molar-refractivity contribution in [2.24, 2.45) is 0 Å². The Kier molecular flexibility index (Phi) is 3.98. The van der Waals surface area contributed by atoms with Crippen LogP contribution in [0.2, 0.25) is 0 Å². The van der Waals surface area contributed by atoms with Crippen LogP contribution in [0.5, 0.6) is 0 Å². The van der Waals surface area contributed by atoms with E-state index < -0.39 is 5.60 Å². The Bertz CT molecular complexity index is 435. The van der Waals surface area contributed by atoms with Gasteiger partial charge in [-0.25, -0.2) is 0 Å². The number of hydrogen-bond acceptors (Lipinski definition) is 3. The van der Waals surface area contributed by atoms with Crippen molar-refractivity contribution in [3.8, 4) is 0 Å². The maximum absolute atomic E-state index is 10.8. The summed E-state index contributed by atoms with van der Waals surface area (Å²) in [6.45, 7) is 9.22. The molecule has 3 nitrogen and oxygen atoms in total. The topological polar surface area (TPSA) is 45.1 Å².